The molecule has 11 heteroatoms. The van der Waals surface area contributed by atoms with E-state index in [1.165, 1.54) is 29.3 Å². The van der Waals surface area contributed by atoms with Gasteiger partial charge in [-0.1, -0.05) is 62.4 Å². The summed E-state index contributed by atoms with van der Waals surface area (Å²) in [6.07, 6.45) is -1.40. The van der Waals surface area contributed by atoms with Crippen molar-refractivity contribution in [3.05, 3.63) is 123 Å². The Bertz CT molecular complexity index is 1730. The number of aromatic nitrogens is 2. The SMILES string of the molecule is CCN(CC)CCON(Cc1ccc(-c2ccc(C(F)(F)F)cc2)cc1)C(=O)Cn1c(CCc2ccc(F)cc2)nc(=O)c2c1CCC2. The number of hydrogen-bond donors (Lipinski definition) is 0. The van der Waals surface area contributed by atoms with Gasteiger partial charge in [0.05, 0.1) is 18.7 Å². The molecular formula is C37H40F4N4O3. The molecule has 0 N–H and O–H groups in total. The number of amides is 1. The number of benzene rings is 3. The van der Waals surface area contributed by atoms with Crippen LogP contribution in [0.25, 0.3) is 11.1 Å². The lowest BCUT2D eigenvalue weighted by Crippen LogP contribution is -2.38. The van der Waals surface area contributed by atoms with Crippen LogP contribution < -0.4 is 5.56 Å². The largest absolute Gasteiger partial charge is 0.416 e. The first-order valence-electron chi connectivity index (χ1n) is 16.3. The smallest absolute Gasteiger partial charge is 0.323 e. The minimum atomic E-state index is -4.40. The summed E-state index contributed by atoms with van der Waals surface area (Å²) in [5, 5.41) is 1.35. The third kappa shape index (κ3) is 8.76. The minimum Gasteiger partial charge on any atom is -0.323 e. The Hall–Kier alpha value is -4.35. The number of carbonyl (C=O) groups excluding carboxylic acids is 1. The maximum atomic E-state index is 14.0. The maximum absolute atomic E-state index is 14.0. The van der Waals surface area contributed by atoms with E-state index >= 15 is 0 Å². The summed E-state index contributed by atoms with van der Waals surface area (Å²) in [4.78, 5) is 39.6. The van der Waals surface area contributed by atoms with Crippen LogP contribution in [-0.4, -0.2) is 51.7 Å². The number of likely N-dealkylation sites (N-methyl/N-ethyl adjacent to an activating group) is 1. The van der Waals surface area contributed by atoms with Crippen molar-refractivity contribution in [3.8, 4) is 11.1 Å². The summed E-state index contributed by atoms with van der Waals surface area (Å²) in [5.74, 6) is -0.126. The topological polar surface area (TPSA) is 67.7 Å². The fourth-order valence-electron chi connectivity index (χ4n) is 6.00. The molecule has 1 heterocycles. The van der Waals surface area contributed by atoms with E-state index in [0.717, 1.165) is 54.0 Å². The van der Waals surface area contributed by atoms with Gasteiger partial charge >= 0.3 is 6.18 Å². The van der Waals surface area contributed by atoms with Crippen LogP contribution in [0.15, 0.2) is 77.6 Å². The number of nitrogens with zero attached hydrogens (tertiary/aromatic N) is 4. The van der Waals surface area contributed by atoms with Gasteiger partial charge < -0.3 is 9.47 Å². The lowest BCUT2D eigenvalue weighted by atomic mass is 10.0. The first-order valence-corrected chi connectivity index (χ1v) is 16.3. The van der Waals surface area contributed by atoms with Gasteiger partial charge in [-0.25, -0.2) is 9.45 Å². The Morgan fingerprint density at radius 2 is 1.50 bits per heavy atom. The lowest BCUT2D eigenvalue weighted by Gasteiger charge is -2.26. The van der Waals surface area contributed by atoms with E-state index in [1.54, 1.807) is 12.1 Å². The minimum absolute atomic E-state index is 0.0662. The monoisotopic (exact) mass is 664 g/mol. The molecule has 3 aromatic carbocycles. The average Bonchev–Trinajstić information content (AvgIpc) is 3.58. The van der Waals surface area contributed by atoms with Crippen molar-refractivity contribution in [1.82, 2.24) is 19.5 Å². The van der Waals surface area contributed by atoms with Gasteiger partial charge in [0.2, 0.25) is 0 Å². The summed E-state index contributed by atoms with van der Waals surface area (Å²) < 4.78 is 54.4. The second kappa shape index (κ2) is 15.7. The number of hydrogen-bond acceptors (Lipinski definition) is 5. The highest BCUT2D eigenvalue weighted by Gasteiger charge is 2.30. The Morgan fingerprint density at radius 3 is 2.12 bits per heavy atom. The van der Waals surface area contributed by atoms with Crippen molar-refractivity contribution in [2.24, 2.45) is 0 Å². The molecule has 0 aliphatic heterocycles. The molecule has 5 rings (SSSR count). The molecule has 1 amide bonds. The van der Waals surface area contributed by atoms with Crippen LogP contribution in [0.1, 0.15) is 54.0 Å². The molecule has 0 bridgehead atoms. The van der Waals surface area contributed by atoms with Crippen LogP contribution in [0.4, 0.5) is 17.6 Å². The van der Waals surface area contributed by atoms with Crippen molar-refractivity contribution in [3.63, 3.8) is 0 Å². The van der Waals surface area contributed by atoms with Gasteiger partial charge in [0.15, 0.2) is 0 Å². The lowest BCUT2D eigenvalue weighted by molar-refractivity contribution is -0.192. The number of fused-ring (bicyclic) bond motifs is 1. The second-order valence-corrected chi connectivity index (χ2v) is 11.9. The van der Waals surface area contributed by atoms with Crippen LogP contribution in [-0.2, 0) is 54.6 Å². The highest BCUT2D eigenvalue weighted by atomic mass is 19.4. The van der Waals surface area contributed by atoms with Crippen LogP contribution in [0, 0.1) is 5.82 Å². The summed E-state index contributed by atoms with van der Waals surface area (Å²) in [6, 6.07) is 18.5. The summed E-state index contributed by atoms with van der Waals surface area (Å²) in [7, 11) is 0. The Morgan fingerprint density at radius 1 is 0.875 bits per heavy atom. The molecule has 7 nitrogen and oxygen atoms in total. The number of carbonyl (C=O) groups is 1. The van der Waals surface area contributed by atoms with Gasteiger partial charge in [0, 0.05) is 24.2 Å². The first kappa shape index (κ1) is 35.0. The molecule has 254 valence electrons. The van der Waals surface area contributed by atoms with E-state index < -0.39 is 11.7 Å². The maximum Gasteiger partial charge on any atom is 0.416 e. The van der Waals surface area contributed by atoms with E-state index in [4.69, 9.17) is 4.84 Å². The van der Waals surface area contributed by atoms with Gasteiger partial charge in [0.1, 0.15) is 18.2 Å². The van der Waals surface area contributed by atoms with Crippen LogP contribution >= 0.6 is 0 Å². The number of halogens is 4. The molecule has 0 spiro atoms. The van der Waals surface area contributed by atoms with Gasteiger partial charge in [-0.2, -0.15) is 18.2 Å². The third-order valence-electron chi connectivity index (χ3n) is 8.81. The quantitative estimate of drug-likeness (QED) is 0.112. The molecule has 48 heavy (non-hydrogen) atoms. The van der Waals surface area contributed by atoms with Gasteiger partial charge in [-0.15, -0.1) is 0 Å². The summed E-state index contributed by atoms with van der Waals surface area (Å²) in [6.45, 7) is 6.78. The van der Waals surface area contributed by atoms with Gasteiger partial charge in [-0.3, -0.25) is 14.4 Å². The fourth-order valence-corrected chi connectivity index (χ4v) is 6.00. The number of hydroxylamine groups is 2. The third-order valence-corrected chi connectivity index (χ3v) is 8.81. The highest BCUT2D eigenvalue weighted by molar-refractivity contribution is 5.75. The molecule has 0 unspecified atom stereocenters. The van der Waals surface area contributed by atoms with Crippen molar-refractivity contribution in [1.29, 1.82) is 0 Å². The van der Waals surface area contributed by atoms with Gasteiger partial charge in [0.25, 0.3) is 11.5 Å². The Balaban J connectivity index is 1.37. The molecule has 0 saturated heterocycles. The first-order chi connectivity index (χ1) is 23.0. The van der Waals surface area contributed by atoms with Gasteiger partial charge in [-0.05, 0) is 85.3 Å². The molecule has 0 fully saturated rings. The Labute approximate surface area is 277 Å². The second-order valence-electron chi connectivity index (χ2n) is 11.9. The predicted octanol–water partition coefficient (Wildman–Crippen LogP) is 6.64. The number of rotatable bonds is 14. The standard InChI is InChI=1S/C37H40F4N4O3/c1-3-43(4-2)22-23-48-45(24-27-8-13-28(14-9-27)29-15-17-30(18-16-29)37(39,40)41)35(46)25-44-33-7-5-6-32(33)36(47)42-34(44)21-12-26-10-19-31(38)20-11-26/h8-11,13-20H,3-7,12,21-25H2,1-2H3. The zero-order valence-electron chi connectivity index (χ0n) is 27.2. The Kier molecular flexibility index (Phi) is 11.4. The van der Waals surface area contributed by atoms with Crippen molar-refractivity contribution < 1.29 is 27.2 Å². The average molecular weight is 665 g/mol. The van der Waals surface area contributed by atoms with Crippen LogP contribution in [0.3, 0.4) is 0 Å². The van der Waals surface area contributed by atoms with Crippen molar-refractivity contribution >= 4 is 5.91 Å². The molecule has 0 saturated carbocycles. The number of alkyl halides is 3. The molecule has 0 atom stereocenters. The van der Waals surface area contributed by atoms with E-state index in [0.29, 0.717) is 49.2 Å². The fraction of sp³-hybridized carbons (Fsp3) is 0.378. The van der Waals surface area contributed by atoms with E-state index in [1.807, 2.05) is 28.8 Å². The predicted molar refractivity (Wildman–Crippen MR) is 175 cm³/mol. The molecule has 1 aliphatic rings. The zero-order valence-corrected chi connectivity index (χ0v) is 27.2. The molecule has 1 aromatic heterocycles. The normalized spacial score (nSPS) is 12.8. The zero-order chi connectivity index (χ0) is 34.3. The molecule has 4 aromatic rings. The molecule has 0 radical (unpaired) electrons. The summed E-state index contributed by atoms with van der Waals surface area (Å²) >= 11 is 0. The molecule has 1 aliphatic carbocycles. The van der Waals surface area contributed by atoms with Crippen LogP contribution in [0.5, 0.6) is 0 Å². The van der Waals surface area contributed by atoms with E-state index in [9.17, 15) is 27.2 Å². The highest BCUT2D eigenvalue weighted by Crippen LogP contribution is 2.31. The summed E-state index contributed by atoms with van der Waals surface area (Å²) in [5.41, 5.74) is 3.55. The van der Waals surface area contributed by atoms with Crippen molar-refractivity contribution in [2.75, 3.05) is 26.2 Å². The van der Waals surface area contributed by atoms with Crippen molar-refractivity contribution in [2.45, 2.75) is 65.2 Å². The van der Waals surface area contributed by atoms with Crippen LogP contribution in [0.2, 0.25) is 0 Å². The number of aryl methyl sites for hydroxylation is 2. The van der Waals surface area contributed by atoms with E-state index in [2.05, 4.69) is 23.7 Å². The molecular weight excluding hydrogens is 624 g/mol. The van der Waals surface area contributed by atoms with E-state index in [-0.39, 0.29) is 37.0 Å².